The molecule has 1 saturated carbocycles. The fourth-order valence-electron chi connectivity index (χ4n) is 2.80. The fourth-order valence-corrected chi connectivity index (χ4v) is 2.80. The van der Waals surface area contributed by atoms with Crippen molar-refractivity contribution in [1.82, 2.24) is 5.32 Å². The molecule has 3 nitrogen and oxygen atoms in total. The van der Waals surface area contributed by atoms with Gasteiger partial charge in [-0.05, 0) is 30.9 Å². The molecule has 0 heterocycles. The van der Waals surface area contributed by atoms with Crippen LogP contribution in [0.5, 0.6) is 0 Å². The van der Waals surface area contributed by atoms with Crippen molar-refractivity contribution in [2.45, 2.75) is 44.4 Å². The molecule has 2 N–H and O–H groups in total. The molecule has 1 fully saturated rings. The van der Waals surface area contributed by atoms with E-state index in [0.717, 1.165) is 18.9 Å². The van der Waals surface area contributed by atoms with Crippen molar-refractivity contribution in [1.29, 1.82) is 0 Å². The lowest BCUT2D eigenvalue weighted by atomic mass is 9.85. The van der Waals surface area contributed by atoms with E-state index in [0.29, 0.717) is 12.8 Å². The molecule has 21 heavy (non-hydrogen) atoms. The van der Waals surface area contributed by atoms with Gasteiger partial charge in [0.15, 0.2) is 0 Å². The number of carboxylic acids is 1. The molecule has 0 aromatic heterocycles. The summed E-state index contributed by atoms with van der Waals surface area (Å²) in [5, 5.41) is 12.1. The summed E-state index contributed by atoms with van der Waals surface area (Å²) in [6, 6.07) is 5.42. The van der Waals surface area contributed by atoms with Gasteiger partial charge in [-0.2, -0.15) is 13.2 Å². The zero-order valence-electron chi connectivity index (χ0n) is 11.5. The number of halogens is 3. The highest BCUT2D eigenvalue weighted by Gasteiger charge is 2.33. The number of carbonyl (C=O) groups is 1. The largest absolute Gasteiger partial charge is 0.481 e. The monoisotopic (exact) mass is 301 g/mol. The van der Waals surface area contributed by atoms with Crippen LogP contribution >= 0.6 is 0 Å². The first kappa shape index (κ1) is 15.8. The van der Waals surface area contributed by atoms with E-state index in [1.165, 1.54) is 12.1 Å². The van der Waals surface area contributed by atoms with Gasteiger partial charge in [0.05, 0.1) is 11.5 Å². The maximum absolute atomic E-state index is 12.9. The van der Waals surface area contributed by atoms with Gasteiger partial charge in [0.2, 0.25) is 0 Å². The van der Waals surface area contributed by atoms with Crippen LogP contribution in [0.2, 0.25) is 0 Å². The molecule has 116 valence electrons. The van der Waals surface area contributed by atoms with E-state index < -0.39 is 23.6 Å². The lowest BCUT2D eigenvalue weighted by Gasteiger charge is -2.28. The molecular formula is C15H18F3NO2. The van der Waals surface area contributed by atoms with Gasteiger partial charge in [-0.3, -0.25) is 4.79 Å². The summed E-state index contributed by atoms with van der Waals surface area (Å²) in [6.07, 6.45) is -1.65. The molecule has 6 heteroatoms. The van der Waals surface area contributed by atoms with Crippen LogP contribution in [0.15, 0.2) is 24.3 Å². The molecule has 2 unspecified atom stereocenters. The number of benzene rings is 1. The number of aliphatic carboxylic acids is 1. The predicted octanol–water partition coefficient (Wildman–Crippen LogP) is 3.44. The molecule has 1 aliphatic carbocycles. The molecule has 0 saturated heterocycles. The molecule has 1 aliphatic rings. The van der Waals surface area contributed by atoms with Gasteiger partial charge < -0.3 is 10.4 Å². The zero-order valence-corrected chi connectivity index (χ0v) is 11.5. The minimum absolute atomic E-state index is 0.0406. The summed E-state index contributed by atoms with van der Waals surface area (Å²) in [7, 11) is 0. The third kappa shape index (κ3) is 4.20. The quantitative estimate of drug-likeness (QED) is 0.895. The maximum atomic E-state index is 12.9. The number of rotatable bonds is 4. The van der Waals surface area contributed by atoms with E-state index >= 15 is 0 Å². The number of carboxylic acid groups (broad SMARTS) is 1. The number of hydrogen-bond acceptors (Lipinski definition) is 2. The van der Waals surface area contributed by atoms with Gasteiger partial charge in [0.25, 0.3) is 0 Å². The van der Waals surface area contributed by atoms with Crippen molar-refractivity contribution >= 4 is 5.97 Å². The second-order valence-electron chi connectivity index (χ2n) is 5.43. The van der Waals surface area contributed by atoms with Crippen LogP contribution in [0, 0.1) is 5.92 Å². The van der Waals surface area contributed by atoms with E-state index in [-0.39, 0.29) is 18.2 Å². The van der Waals surface area contributed by atoms with Crippen molar-refractivity contribution in [3.05, 3.63) is 35.4 Å². The van der Waals surface area contributed by atoms with Gasteiger partial charge in [0, 0.05) is 12.6 Å². The Labute approximate surface area is 121 Å². The van der Waals surface area contributed by atoms with E-state index in [1.54, 1.807) is 6.07 Å². The van der Waals surface area contributed by atoms with Crippen LogP contribution in [0.4, 0.5) is 13.2 Å². The highest BCUT2D eigenvalue weighted by Crippen LogP contribution is 2.32. The molecule has 0 bridgehead atoms. The summed E-state index contributed by atoms with van der Waals surface area (Å²) in [6.45, 7) is 0.104. The Morgan fingerprint density at radius 1 is 1.29 bits per heavy atom. The van der Waals surface area contributed by atoms with Crippen LogP contribution in [0.3, 0.4) is 0 Å². The maximum Gasteiger partial charge on any atom is 0.416 e. The summed E-state index contributed by atoms with van der Waals surface area (Å²) >= 11 is 0. The van der Waals surface area contributed by atoms with Crippen molar-refractivity contribution in [2.75, 3.05) is 0 Å². The summed E-state index contributed by atoms with van der Waals surface area (Å²) in [5.74, 6) is -1.22. The Hall–Kier alpha value is -1.56. The smallest absolute Gasteiger partial charge is 0.416 e. The molecular weight excluding hydrogens is 283 g/mol. The average Bonchev–Trinajstić information content (AvgIpc) is 2.45. The molecule has 0 aliphatic heterocycles. The third-order valence-electron chi connectivity index (χ3n) is 3.93. The molecule has 0 radical (unpaired) electrons. The first-order valence-corrected chi connectivity index (χ1v) is 6.99. The summed E-state index contributed by atoms with van der Waals surface area (Å²) < 4.78 is 38.6. The number of alkyl halides is 3. The summed E-state index contributed by atoms with van der Waals surface area (Å²) in [5.41, 5.74) is -0.439. The van der Waals surface area contributed by atoms with Crippen LogP contribution in [0.25, 0.3) is 0 Å². The van der Waals surface area contributed by atoms with Crippen LogP contribution in [-0.2, 0) is 17.5 Å². The van der Waals surface area contributed by atoms with E-state index in [1.807, 2.05) is 0 Å². The molecule has 1 aromatic rings. The Morgan fingerprint density at radius 3 is 2.67 bits per heavy atom. The third-order valence-corrected chi connectivity index (χ3v) is 3.93. The minimum Gasteiger partial charge on any atom is -0.481 e. The first-order chi connectivity index (χ1) is 9.88. The highest BCUT2D eigenvalue weighted by molar-refractivity contribution is 5.70. The second-order valence-corrected chi connectivity index (χ2v) is 5.43. The number of nitrogens with one attached hydrogen (secondary N) is 1. The lowest BCUT2D eigenvalue weighted by molar-refractivity contribution is -0.143. The van der Waals surface area contributed by atoms with E-state index in [2.05, 4.69) is 5.32 Å². The Balaban J connectivity index is 1.99. The first-order valence-electron chi connectivity index (χ1n) is 6.99. The van der Waals surface area contributed by atoms with Gasteiger partial charge in [-0.1, -0.05) is 24.6 Å². The predicted molar refractivity (Wildman–Crippen MR) is 71.7 cm³/mol. The van der Waals surface area contributed by atoms with Gasteiger partial charge in [0.1, 0.15) is 0 Å². The average molecular weight is 301 g/mol. The van der Waals surface area contributed by atoms with Gasteiger partial charge >= 0.3 is 12.1 Å². The molecule has 0 amide bonds. The number of hydrogen-bond donors (Lipinski definition) is 2. The van der Waals surface area contributed by atoms with Crippen molar-refractivity contribution in [3.63, 3.8) is 0 Å². The topological polar surface area (TPSA) is 49.3 Å². The van der Waals surface area contributed by atoms with E-state index in [9.17, 15) is 18.0 Å². The second kappa shape index (κ2) is 6.47. The lowest BCUT2D eigenvalue weighted by Crippen LogP contribution is -2.36. The minimum atomic E-state index is -4.37. The Kier molecular flexibility index (Phi) is 4.88. The van der Waals surface area contributed by atoms with Gasteiger partial charge in [-0.25, -0.2) is 0 Å². The standard InChI is InChI=1S/C15H18F3NO2/c16-15(17,18)13-7-2-1-4-11(13)9-19-12-6-3-5-10(8-12)14(20)21/h1-2,4,7,10,12,19H,3,5-6,8-9H2,(H,20,21). The van der Waals surface area contributed by atoms with Crippen molar-refractivity contribution in [3.8, 4) is 0 Å². The van der Waals surface area contributed by atoms with Crippen molar-refractivity contribution in [2.24, 2.45) is 5.92 Å². The SMILES string of the molecule is O=C(O)C1CCCC(NCc2ccccc2C(F)(F)F)C1. The normalized spacial score (nSPS) is 23.0. The molecule has 2 rings (SSSR count). The Morgan fingerprint density at radius 2 is 2.00 bits per heavy atom. The van der Waals surface area contributed by atoms with Crippen LogP contribution in [-0.4, -0.2) is 17.1 Å². The molecule has 2 atom stereocenters. The van der Waals surface area contributed by atoms with Crippen LogP contribution in [0.1, 0.15) is 36.8 Å². The fraction of sp³-hybridized carbons (Fsp3) is 0.533. The zero-order chi connectivity index (χ0) is 15.5. The molecule has 0 spiro atoms. The van der Waals surface area contributed by atoms with E-state index in [4.69, 9.17) is 5.11 Å². The highest BCUT2D eigenvalue weighted by atomic mass is 19.4. The van der Waals surface area contributed by atoms with Gasteiger partial charge in [-0.15, -0.1) is 0 Å². The summed E-state index contributed by atoms with van der Waals surface area (Å²) in [4.78, 5) is 11.0. The Bertz CT molecular complexity index is 502. The molecule has 1 aromatic carbocycles. The van der Waals surface area contributed by atoms with Crippen LogP contribution < -0.4 is 5.32 Å². The van der Waals surface area contributed by atoms with Crippen molar-refractivity contribution < 1.29 is 23.1 Å².